The van der Waals surface area contributed by atoms with Crippen LogP contribution in [0.1, 0.15) is 16.8 Å². The summed E-state index contributed by atoms with van der Waals surface area (Å²) in [4.78, 5) is 4.62. The standard InChI is InChI=1S/C17H17FN4O2/c18-14-2-4-16-12(9-14)1-3-15-5-6-22-17(20-15)13(10-19-22)11-21(23)7-8-24-16/h2,4-6,9-10,21H,1,3,7-8,11H2. The van der Waals surface area contributed by atoms with Gasteiger partial charge in [-0.05, 0) is 42.7 Å². The van der Waals surface area contributed by atoms with E-state index in [4.69, 9.17) is 4.74 Å². The Kier molecular flexibility index (Phi) is 3.87. The number of ether oxygens (including phenoxy) is 1. The molecule has 124 valence electrons. The lowest BCUT2D eigenvalue weighted by Gasteiger charge is -2.22. The number of nitrogens with zero attached hydrogens (tertiary/aromatic N) is 3. The van der Waals surface area contributed by atoms with E-state index in [1.807, 2.05) is 12.3 Å². The van der Waals surface area contributed by atoms with Crippen LogP contribution in [0.2, 0.25) is 0 Å². The zero-order chi connectivity index (χ0) is 16.5. The van der Waals surface area contributed by atoms with E-state index in [0.717, 1.165) is 16.8 Å². The molecule has 1 aliphatic heterocycles. The lowest BCUT2D eigenvalue weighted by atomic mass is 10.1. The van der Waals surface area contributed by atoms with Crippen molar-refractivity contribution in [1.29, 1.82) is 0 Å². The van der Waals surface area contributed by atoms with Gasteiger partial charge in [0.1, 0.15) is 31.3 Å². The quantitative estimate of drug-likeness (QED) is 0.624. The Morgan fingerprint density at radius 1 is 1.21 bits per heavy atom. The van der Waals surface area contributed by atoms with E-state index in [1.165, 1.54) is 12.1 Å². The fourth-order valence-electron chi connectivity index (χ4n) is 2.94. The summed E-state index contributed by atoms with van der Waals surface area (Å²) in [6.07, 6.45) is 4.81. The summed E-state index contributed by atoms with van der Waals surface area (Å²) in [7, 11) is 0. The minimum Gasteiger partial charge on any atom is -0.634 e. The first kappa shape index (κ1) is 15.0. The van der Waals surface area contributed by atoms with Gasteiger partial charge in [-0.3, -0.25) is 0 Å². The van der Waals surface area contributed by atoms with E-state index in [0.29, 0.717) is 37.3 Å². The molecule has 1 unspecified atom stereocenters. The van der Waals surface area contributed by atoms with Crippen molar-refractivity contribution in [3.63, 3.8) is 0 Å². The second-order valence-electron chi connectivity index (χ2n) is 5.92. The van der Waals surface area contributed by atoms with Crippen molar-refractivity contribution < 1.29 is 14.2 Å². The number of aromatic nitrogens is 3. The zero-order valence-electron chi connectivity index (χ0n) is 13.0. The Morgan fingerprint density at radius 2 is 2.12 bits per heavy atom. The first-order valence-electron chi connectivity index (χ1n) is 7.94. The van der Waals surface area contributed by atoms with Crippen LogP contribution in [0.4, 0.5) is 4.39 Å². The summed E-state index contributed by atoms with van der Waals surface area (Å²) in [5.74, 6) is 0.340. The fourth-order valence-corrected chi connectivity index (χ4v) is 2.94. The Balaban J connectivity index is 1.73. The summed E-state index contributed by atoms with van der Waals surface area (Å²) in [6.45, 7) is 0.875. The molecule has 1 N–H and O–H groups in total. The molecule has 0 amide bonds. The number of rotatable bonds is 0. The van der Waals surface area contributed by atoms with Gasteiger partial charge in [-0.15, -0.1) is 0 Å². The molecule has 0 fully saturated rings. The molecular weight excluding hydrogens is 311 g/mol. The number of fused-ring (bicyclic) bond motifs is 2. The van der Waals surface area contributed by atoms with Crippen molar-refractivity contribution in [3.8, 4) is 5.75 Å². The van der Waals surface area contributed by atoms with Crippen LogP contribution in [0.3, 0.4) is 0 Å². The number of hydroxylamine groups is 2. The molecule has 6 nitrogen and oxygen atoms in total. The molecule has 1 aromatic carbocycles. The van der Waals surface area contributed by atoms with Crippen molar-refractivity contribution in [2.45, 2.75) is 19.4 Å². The van der Waals surface area contributed by atoms with Crippen LogP contribution in [0.15, 0.2) is 36.7 Å². The zero-order valence-corrected chi connectivity index (χ0v) is 13.0. The largest absolute Gasteiger partial charge is 0.634 e. The molecule has 0 saturated heterocycles. The fraction of sp³-hybridized carbons (Fsp3) is 0.294. The first-order valence-corrected chi connectivity index (χ1v) is 7.94. The average molecular weight is 328 g/mol. The Morgan fingerprint density at radius 3 is 3.04 bits per heavy atom. The van der Waals surface area contributed by atoms with Gasteiger partial charge in [0.25, 0.3) is 0 Å². The number of hydrogen-bond acceptors (Lipinski definition) is 4. The molecule has 7 heteroatoms. The summed E-state index contributed by atoms with van der Waals surface area (Å²) in [5.41, 5.74) is 3.20. The van der Waals surface area contributed by atoms with Crippen LogP contribution in [0, 0.1) is 11.0 Å². The number of benzene rings is 1. The average Bonchev–Trinajstić information content (AvgIpc) is 2.96. The van der Waals surface area contributed by atoms with Crippen molar-refractivity contribution in [3.05, 3.63) is 64.5 Å². The van der Waals surface area contributed by atoms with E-state index >= 15 is 0 Å². The van der Waals surface area contributed by atoms with Crippen LogP contribution in [-0.2, 0) is 19.4 Å². The molecule has 3 aromatic rings. The Labute approximate surface area is 138 Å². The minimum atomic E-state index is -0.292. The van der Waals surface area contributed by atoms with Crippen molar-refractivity contribution in [2.75, 3.05) is 13.2 Å². The Bertz CT molecular complexity index is 880. The smallest absolute Gasteiger partial charge is 0.164 e. The van der Waals surface area contributed by atoms with Gasteiger partial charge in [0.05, 0.1) is 11.8 Å². The van der Waals surface area contributed by atoms with E-state index in [-0.39, 0.29) is 17.5 Å². The predicted octanol–water partition coefficient (Wildman–Crippen LogP) is 0.929. The van der Waals surface area contributed by atoms with Crippen molar-refractivity contribution in [1.82, 2.24) is 14.6 Å². The second kappa shape index (κ2) is 6.18. The molecule has 2 bridgehead atoms. The molecule has 0 saturated carbocycles. The van der Waals surface area contributed by atoms with Gasteiger partial charge < -0.3 is 15.0 Å². The molecule has 0 spiro atoms. The van der Waals surface area contributed by atoms with Gasteiger partial charge in [0.15, 0.2) is 5.65 Å². The highest BCUT2D eigenvalue weighted by Gasteiger charge is 2.13. The van der Waals surface area contributed by atoms with Gasteiger partial charge in [-0.25, -0.2) is 13.9 Å². The summed E-state index contributed by atoms with van der Waals surface area (Å²) < 4.78 is 20.9. The number of hydrogen-bond donors (Lipinski definition) is 1. The highest BCUT2D eigenvalue weighted by molar-refractivity contribution is 5.46. The third-order valence-corrected chi connectivity index (χ3v) is 4.20. The molecule has 24 heavy (non-hydrogen) atoms. The lowest BCUT2D eigenvalue weighted by Crippen LogP contribution is -3.06. The topological polar surface area (TPSA) is 66.9 Å². The monoisotopic (exact) mass is 328 g/mol. The minimum absolute atomic E-state index is 0.0695. The van der Waals surface area contributed by atoms with Crippen molar-refractivity contribution >= 4 is 5.65 Å². The number of nitrogens with one attached hydrogen (secondary N) is 1. The van der Waals surface area contributed by atoms with E-state index in [1.54, 1.807) is 16.8 Å². The van der Waals surface area contributed by atoms with Crippen LogP contribution in [0.25, 0.3) is 5.65 Å². The van der Waals surface area contributed by atoms with E-state index in [9.17, 15) is 9.60 Å². The van der Waals surface area contributed by atoms with Gasteiger partial charge >= 0.3 is 0 Å². The van der Waals surface area contributed by atoms with Gasteiger partial charge in [-0.2, -0.15) is 5.10 Å². The van der Waals surface area contributed by atoms with E-state index in [2.05, 4.69) is 10.1 Å². The maximum Gasteiger partial charge on any atom is 0.164 e. The second-order valence-corrected chi connectivity index (χ2v) is 5.92. The molecular formula is C17H17FN4O2. The molecule has 1 aliphatic rings. The van der Waals surface area contributed by atoms with Crippen LogP contribution >= 0.6 is 0 Å². The molecule has 2 aromatic heterocycles. The summed E-state index contributed by atoms with van der Waals surface area (Å²) in [5, 5.41) is 16.5. The van der Waals surface area contributed by atoms with Gasteiger partial charge in [0, 0.05) is 11.9 Å². The first-order chi connectivity index (χ1) is 11.7. The highest BCUT2D eigenvalue weighted by atomic mass is 19.1. The molecule has 1 atom stereocenters. The van der Waals surface area contributed by atoms with Gasteiger partial charge in [-0.1, -0.05) is 0 Å². The number of aryl methyl sites for hydroxylation is 2. The van der Waals surface area contributed by atoms with Crippen LogP contribution in [-0.4, -0.2) is 27.7 Å². The normalized spacial score (nSPS) is 18.3. The predicted molar refractivity (Wildman–Crippen MR) is 85.2 cm³/mol. The molecule has 3 heterocycles. The third-order valence-electron chi connectivity index (χ3n) is 4.20. The lowest BCUT2D eigenvalue weighted by molar-refractivity contribution is -0.862. The van der Waals surface area contributed by atoms with E-state index < -0.39 is 0 Å². The number of quaternary nitrogens is 1. The summed E-state index contributed by atoms with van der Waals surface area (Å²) >= 11 is 0. The molecule has 4 rings (SSSR count). The Hall–Kier alpha value is -2.51. The number of halogens is 1. The SMILES string of the molecule is [O-][NH+]1CCOc2ccc(F)cc2CCc2ccn3ncc(c3n2)C1. The maximum atomic E-state index is 13.6. The third kappa shape index (κ3) is 2.95. The summed E-state index contributed by atoms with van der Waals surface area (Å²) in [6, 6.07) is 6.38. The van der Waals surface area contributed by atoms with Crippen molar-refractivity contribution in [2.24, 2.45) is 0 Å². The highest BCUT2D eigenvalue weighted by Crippen LogP contribution is 2.22. The van der Waals surface area contributed by atoms with Crippen LogP contribution < -0.4 is 9.80 Å². The van der Waals surface area contributed by atoms with Crippen LogP contribution in [0.5, 0.6) is 5.75 Å². The van der Waals surface area contributed by atoms with Gasteiger partial charge in [0.2, 0.25) is 0 Å². The molecule has 0 radical (unpaired) electrons. The molecule has 0 aliphatic carbocycles. The maximum absolute atomic E-state index is 13.6.